The number of piperazine rings is 1. The Morgan fingerprint density at radius 2 is 1.72 bits per heavy atom. The Balaban J connectivity index is 1.31. The van der Waals surface area contributed by atoms with Gasteiger partial charge in [0, 0.05) is 51.4 Å². The summed E-state index contributed by atoms with van der Waals surface area (Å²) in [5.41, 5.74) is 0.836. The van der Waals surface area contributed by atoms with E-state index in [1.807, 2.05) is 34.1 Å². The normalized spacial score (nSPS) is 20.6. The number of piperidine rings is 1. The van der Waals surface area contributed by atoms with Gasteiger partial charge in [0.15, 0.2) is 0 Å². The summed E-state index contributed by atoms with van der Waals surface area (Å²) in [7, 11) is 1.60. The number of carbonyl (C=O) groups excluding carboxylic acids is 1. The van der Waals surface area contributed by atoms with Crippen molar-refractivity contribution in [3.8, 4) is 5.75 Å². The molecule has 2 fully saturated rings. The van der Waals surface area contributed by atoms with Crippen LogP contribution < -0.4 is 9.64 Å². The number of nitrogens with zero attached hydrogens (tertiary/aromatic N) is 3. The zero-order valence-electron chi connectivity index (χ0n) is 22.2. The van der Waals surface area contributed by atoms with Crippen LogP contribution in [0.25, 0.3) is 0 Å². The summed E-state index contributed by atoms with van der Waals surface area (Å²) in [6.07, 6.45) is -2.55. The number of hydrogen-bond acceptors (Lipinski definition) is 5. The Morgan fingerprint density at radius 3 is 2.36 bits per heavy atom. The van der Waals surface area contributed by atoms with Gasteiger partial charge >= 0.3 is 12.1 Å². The van der Waals surface area contributed by atoms with Crippen molar-refractivity contribution in [3.63, 3.8) is 0 Å². The maximum Gasteiger partial charge on any atom is 0.416 e. The number of carboxylic acid groups (broad SMARTS) is 1. The molecule has 0 aromatic heterocycles. The van der Waals surface area contributed by atoms with Crippen LogP contribution in [0.3, 0.4) is 0 Å². The fourth-order valence-corrected chi connectivity index (χ4v) is 5.61. The van der Waals surface area contributed by atoms with Gasteiger partial charge < -0.3 is 19.6 Å². The molecule has 2 aromatic rings. The zero-order chi connectivity index (χ0) is 28.0. The second-order valence-electron chi connectivity index (χ2n) is 10.4. The number of ether oxygens (including phenoxy) is 1. The van der Waals surface area contributed by atoms with Gasteiger partial charge in [0.25, 0.3) is 0 Å². The largest absolute Gasteiger partial charge is 0.497 e. The number of alkyl halides is 3. The molecule has 39 heavy (non-hydrogen) atoms. The average Bonchev–Trinajstić information content (AvgIpc) is 2.92. The number of likely N-dealkylation sites (tertiary alicyclic amines) is 1. The predicted octanol–water partition coefficient (Wildman–Crippen LogP) is 4.41. The first-order chi connectivity index (χ1) is 18.6. The average molecular weight is 548 g/mol. The third-order valence-electron chi connectivity index (χ3n) is 7.92. The maximum atomic E-state index is 13.1. The molecule has 2 atom stereocenters. The van der Waals surface area contributed by atoms with Crippen molar-refractivity contribution >= 4 is 17.6 Å². The highest BCUT2D eigenvalue weighted by atomic mass is 19.4. The van der Waals surface area contributed by atoms with Crippen LogP contribution in [0.1, 0.15) is 30.4 Å². The van der Waals surface area contributed by atoms with E-state index in [2.05, 4.69) is 4.90 Å². The number of methoxy groups -OCH3 is 1. The zero-order valence-corrected chi connectivity index (χ0v) is 22.2. The van der Waals surface area contributed by atoms with E-state index < -0.39 is 17.7 Å². The lowest BCUT2D eigenvalue weighted by Crippen LogP contribution is -2.49. The minimum Gasteiger partial charge on any atom is -0.497 e. The smallest absolute Gasteiger partial charge is 0.416 e. The maximum absolute atomic E-state index is 13.1. The lowest BCUT2D eigenvalue weighted by Gasteiger charge is -2.40. The van der Waals surface area contributed by atoms with Gasteiger partial charge in [-0.2, -0.15) is 13.2 Å². The predicted molar refractivity (Wildman–Crippen MR) is 142 cm³/mol. The van der Waals surface area contributed by atoms with Crippen LogP contribution in [0, 0.1) is 11.8 Å². The van der Waals surface area contributed by atoms with Gasteiger partial charge in [-0.15, -0.1) is 0 Å². The number of hydrogen-bond donors (Lipinski definition) is 1. The van der Waals surface area contributed by atoms with Gasteiger partial charge in [0.1, 0.15) is 5.75 Å². The van der Waals surface area contributed by atoms with Gasteiger partial charge in [-0.25, -0.2) is 0 Å². The number of anilines is 1. The van der Waals surface area contributed by atoms with Crippen molar-refractivity contribution in [2.45, 2.75) is 31.9 Å². The second kappa shape index (κ2) is 12.7. The Hall–Kier alpha value is -3.27. The molecular formula is C29H36F3N3O4. The standard InChI is InChI=1S/C29H36F3N3O4/c1-39-26-7-5-21(6-8-26)17-27(36)35-12-10-22(18-28(37)38)23(20-35)9-11-33-13-15-34(16-14-33)25-4-2-3-24(19-25)29(30,31)32/h2-8,19,22-23H,9-18,20H2,1H3,(H,37,38)/t22-,23-/m0/s1. The quantitative estimate of drug-likeness (QED) is 0.502. The van der Waals surface area contributed by atoms with E-state index in [-0.39, 0.29) is 30.6 Å². The minimum absolute atomic E-state index is 0.0129. The molecule has 2 aromatic carbocycles. The molecule has 2 heterocycles. The molecule has 1 amide bonds. The molecule has 2 aliphatic heterocycles. The van der Waals surface area contributed by atoms with E-state index in [4.69, 9.17) is 4.74 Å². The number of aliphatic carboxylic acids is 1. The van der Waals surface area contributed by atoms with Crippen LogP contribution in [-0.2, 0) is 22.2 Å². The fourth-order valence-electron chi connectivity index (χ4n) is 5.61. The topological polar surface area (TPSA) is 73.3 Å². The van der Waals surface area contributed by atoms with Crippen molar-refractivity contribution < 1.29 is 32.6 Å². The highest BCUT2D eigenvalue weighted by Crippen LogP contribution is 2.33. The molecular weight excluding hydrogens is 511 g/mol. The van der Waals surface area contributed by atoms with Crippen LogP contribution >= 0.6 is 0 Å². The lowest BCUT2D eigenvalue weighted by atomic mass is 9.81. The number of carbonyl (C=O) groups is 2. The molecule has 0 radical (unpaired) electrons. The first kappa shape index (κ1) is 28.7. The molecule has 0 bridgehead atoms. The van der Waals surface area contributed by atoms with Gasteiger partial charge in [-0.05, 0) is 67.1 Å². The Morgan fingerprint density at radius 1 is 1.00 bits per heavy atom. The molecule has 1 N–H and O–H groups in total. The summed E-state index contributed by atoms with van der Waals surface area (Å²) in [5, 5.41) is 9.44. The van der Waals surface area contributed by atoms with E-state index in [1.165, 1.54) is 12.1 Å². The molecule has 2 saturated heterocycles. The number of halogens is 3. The lowest BCUT2D eigenvalue weighted by molar-refractivity contribution is -0.140. The number of amides is 1. The Labute approximate surface area is 227 Å². The highest BCUT2D eigenvalue weighted by molar-refractivity contribution is 5.79. The Bertz CT molecular complexity index is 1120. The summed E-state index contributed by atoms with van der Waals surface area (Å²) in [6.45, 7) is 4.53. The van der Waals surface area contributed by atoms with Gasteiger partial charge in [0.2, 0.25) is 5.91 Å². The first-order valence-corrected chi connectivity index (χ1v) is 13.4. The van der Waals surface area contributed by atoms with Gasteiger partial charge in [-0.3, -0.25) is 14.5 Å². The SMILES string of the molecule is COc1ccc(CC(=O)N2CC[C@@H](CC(=O)O)[C@@H](CCN3CCN(c4cccc(C(F)(F)F)c4)CC3)C2)cc1. The van der Waals surface area contributed by atoms with E-state index >= 15 is 0 Å². The highest BCUT2D eigenvalue weighted by Gasteiger charge is 2.34. The van der Waals surface area contributed by atoms with Crippen molar-refractivity contribution in [3.05, 3.63) is 59.7 Å². The first-order valence-electron chi connectivity index (χ1n) is 13.4. The summed E-state index contributed by atoms with van der Waals surface area (Å²) >= 11 is 0. The molecule has 0 saturated carbocycles. The van der Waals surface area contributed by atoms with Crippen LogP contribution in [0.4, 0.5) is 18.9 Å². The second-order valence-corrected chi connectivity index (χ2v) is 10.4. The van der Waals surface area contributed by atoms with Crippen molar-refractivity contribution in [1.82, 2.24) is 9.80 Å². The van der Waals surface area contributed by atoms with Crippen LogP contribution in [-0.4, -0.2) is 79.7 Å². The monoisotopic (exact) mass is 547 g/mol. The molecule has 212 valence electrons. The van der Waals surface area contributed by atoms with E-state index in [0.717, 1.165) is 30.3 Å². The summed E-state index contributed by atoms with van der Waals surface area (Å²) in [6, 6.07) is 12.9. The Kier molecular flexibility index (Phi) is 9.37. The number of benzene rings is 2. The number of rotatable bonds is 9. The van der Waals surface area contributed by atoms with E-state index in [9.17, 15) is 27.9 Å². The van der Waals surface area contributed by atoms with Crippen LogP contribution in [0.2, 0.25) is 0 Å². The number of carboxylic acids is 1. The van der Waals surface area contributed by atoms with Crippen molar-refractivity contribution in [2.24, 2.45) is 11.8 Å². The molecule has 7 nitrogen and oxygen atoms in total. The molecule has 4 rings (SSSR count). The molecule has 0 aliphatic carbocycles. The third-order valence-corrected chi connectivity index (χ3v) is 7.92. The summed E-state index contributed by atoms with van der Waals surface area (Å²) in [4.78, 5) is 30.7. The molecule has 0 unspecified atom stereocenters. The van der Waals surface area contributed by atoms with E-state index in [1.54, 1.807) is 13.2 Å². The molecule has 2 aliphatic rings. The molecule has 10 heteroatoms. The van der Waals surface area contributed by atoms with Crippen LogP contribution in [0.5, 0.6) is 5.75 Å². The molecule has 0 spiro atoms. The van der Waals surface area contributed by atoms with Gasteiger partial charge in [-0.1, -0.05) is 18.2 Å². The van der Waals surface area contributed by atoms with Crippen molar-refractivity contribution in [1.29, 1.82) is 0 Å². The summed E-state index contributed by atoms with van der Waals surface area (Å²) < 4.78 is 44.5. The fraction of sp³-hybridized carbons (Fsp3) is 0.517. The van der Waals surface area contributed by atoms with Crippen LogP contribution in [0.15, 0.2) is 48.5 Å². The van der Waals surface area contributed by atoms with Crippen molar-refractivity contribution in [2.75, 3.05) is 57.8 Å². The summed E-state index contributed by atoms with van der Waals surface area (Å²) in [5.74, 6) is 0.0397. The third kappa shape index (κ3) is 7.88. The van der Waals surface area contributed by atoms with Gasteiger partial charge in [0.05, 0.1) is 19.1 Å². The van der Waals surface area contributed by atoms with E-state index in [0.29, 0.717) is 51.4 Å². The minimum atomic E-state index is -4.37.